The van der Waals surface area contributed by atoms with Crippen LogP contribution in [0.1, 0.15) is 58.3 Å². The van der Waals surface area contributed by atoms with E-state index in [1.54, 1.807) is 0 Å². The fraction of sp³-hybridized carbons (Fsp3) is 1.00. The first-order chi connectivity index (χ1) is 6.83. The second-order valence-electron chi connectivity index (χ2n) is 4.48. The summed E-state index contributed by atoms with van der Waals surface area (Å²) >= 11 is 0. The zero-order chi connectivity index (χ0) is 10.3. The monoisotopic (exact) mass is 199 g/mol. The molecule has 0 atom stereocenters. The molecule has 0 aliphatic heterocycles. The van der Waals surface area contributed by atoms with Crippen molar-refractivity contribution in [2.24, 2.45) is 5.73 Å². The van der Waals surface area contributed by atoms with Crippen LogP contribution in [0, 0.1) is 0 Å². The largest absolute Gasteiger partial charge is 0.375 e. The Morgan fingerprint density at radius 3 is 2.50 bits per heavy atom. The number of hydrogen-bond donors (Lipinski definition) is 1. The van der Waals surface area contributed by atoms with Gasteiger partial charge in [0, 0.05) is 6.61 Å². The van der Waals surface area contributed by atoms with Crippen molar-refractivity contribution < 1.29 is 4.74 Å². The van der Waals surface area contributed by atoms with E-state index >= 15 is 0 Å². The first-order valence-electron chi connectivity index (χ1n) is 6.17. The van der Waals surface area contributed by atoms with E-state index in [-0.39, 0.29) is 5.60 Å². The van der Waals surface area contributed by atoms with Gasteiger partial charge in [-0.05, 0) is 38.6 Å². The molecule has 1 saturated carbocycles. The third-order valence-electron chi connectivity index (χ3n) is 3.27. The van der Waals surface area contributed by atoms with Gasteiger partial charge in [0.1, 0.15) is 0 Å². The molecule has 1 rings (SSSR count). The van der Waals surface area contributed by atoms with Gasteiger partial charge < -0.3 is 10.5 Å². The molecule has 0 saturated heterocycles. The van der Waals surface area contributed by atoms with Crippen LogP contribution in [0.5, 0.6) is 0 Å². The normalized spacial score (nSPS) is 19.3. The molecule has 84 valence electrons. The van der Waals surface area contributed by atoms with E-state index < -0.39 is 0 Å². The third kappa shape index (κ3) is 3.58. The highest BCUT2D eigenvalue weighted by molar-refractivity contribution is 4.89. The minimum absolute atomic E-state index is 0.195. The lowest BCUT2D eigenvalue weighted by molar-refractivity contribution is -0.104. The Morgan fingerprint density at radius 2 is 2.00 bits per heavy atom. The van der Waals surface area contributed by atoms with Crippen molar-refractivity contribution in [1.29, 1.82) is 0 Å². The third-order valence-corrected chi connectivity index (χ3v) is 3.27. The fourth-order valence-corrected chi connectivity index (χ4v) is 2.12. The summed E-state index contributed by atoms with van der Waals surface area (Å²) in [6.45, 7) is 3.96. The Labute approximate surface area is 88.2 Å². The van der Waals surface area contributed by atoms with Crippen LogP contribution < -0.4 is 5.73 Å². The maximum atomic E-state index is 5.97. The molecule has 0 unspecified atom stereocenters. The van der Waals surface area contributed by atoms with Crippen LogP contribution >= 0.6 is 0 Å². The highest BCUT2D eigenvalue weighted by Crippen LogP contribution is 2.38. The molecule has 0 spiro atoms. The van der Waals surface area contributed by atoms with Crippen molar-refractivity contribution in [3.05, 3.63) is 0 Å². The summed E-state index contributed by atoms with van der Waals surface area (Å²) in [5.74, 6) is 0. The van der Waals surface area contributed by atoms with Crippen LogP contribution in [-0.4, -0.2) is 18.8 Å². The summed E-state index contributed by atoms with van der Waals surface area (Å²) in [5.41, 5.74) is 5.79. The lowest BCUT2D eigenvalue weighted by Crippen LogP contribution is -2.42. The van der Waals surface area contributed by atoms with Gasteiger partial charge in [0.2, 0.25) is 0 Å². The van der Waals surface area contributed by atoms with Crippen LogP contribution in [0.2, 0.25) is 0 Å². The zero-order valence-corrected chi connectivity index (χ0v) is 9.56. The molecule has 1 fully saturated rings. The first-order valence-corrected chi connectivity index (χ1v) is 6.17. The second-order valence-corrected chi connectivity index (χ2v) is 4.48. The molecule has 0 heterocycles. The summed E-state index contributed by atoms with van der Waals surface area (Å²) in [4.78, 5) is 0. The lowest BCUT2D eigenvalue weighted by Gasteiger charge is -2.41. The number of ether oxygens (including phenoxy) is 1. The van der Waals surface area contributed by atoms with Gasteiger partial charge in [0.15, 0.2) is 0 Å². The Hall–Kier alpha value is -0.0800. The SMILES string of the molecule is CCCCCCOC1(CCN)CCC1. The predicted octanol–water partition coefficient (Wildman–Crippen LogP) is 2.85. The van der Waals surface area contributed by atoms with Gasteiger partial charge in [0.25, 0.3) is 0 Å². The number of hydrogen-bond acceptors (Lipinski definition) is 2. The molecule has 1 aliphatic rings. The van der Waals surface area contributed by atoms with Gasteiger partial charge in [-0.1, -0.05) is 26.2 Å². The van der Waals surface area contributed by atoms with Crippen molar-refractivity contribution in [1.82, 2.24) is 0 Å². The molecule has 1 aliphatic carbocycles. The molecule has 0 amide bonds. The van der Waals surface area contributed by atoms with E-state index in [2.05, 4.69) is 6.92 Å². The minimum Gasteiger partial charge on any atom is -0.375 e. The summed E-state index contributed by atoms with van der Waals surface area (Å²) < 4.78 is 5.97. The van der Waals surface area contributed by atoms with Gasteiger partial charge in [-0.2, -0.15) is 0 Å². The molecule has 2 N–H and O–H groups in total. The first kappa shape index (κ1) is 12.0. The van der Waals surface area contributed by atoms with Crippen molar-refractivity contribution >= 4 is 0 Å². The fourth-order valence-electron chi connectivity index (χ4n) is 2.12. The molecule has 0 aromatic heterocycles. The Balaban J connectivity index is 2.03. The van der Waals surface area contributed by atoms with E-state index in [0.717, 1.165) is 19.6 Å². The molecular weight excluding hydrogens is 174 g/mol. The predicted molar refractivity (Wildman–Crippen MR) is 60.3 cm³/mol. The van der Waals surface area contributed by atoms with Crippen molar-refractivity contribution in [2.45, 2.75) is 63.9 Å². The molecule has 0 radical (unpaired) electrons. The van der Waals surface area contributed by atoms with Gasteiger partial charge in [-0.25, -0.2) is 0 Å². The van der Waals surface area contributed by atoms with E-state index in [0.29, 0.717) is 0 Å². The standard InChI is InChI=1S/C12H25NO/c1-2-3-4-5-11-14-12(9-10-13)7-6-8-12/h2-11,13H2,1H3. The quantitative estimate of drug-likeness (QED) is 0.610. The van der Waals surface area contributed by atoms with Crippen LogP contribution in [-0.2, 0) is 4.74 Å². The number of rotatable bonds is 8. The highest BCUT2D eigenvalue weighted by atomic mass is 16.5. The van der Waals surface area contributed by atoms with E-state index in [4.69, 9.17) is 10.5 Å². The minimum atomic E-state index is 0.195. The Bertz CT molecular complexity index is 143. The molecule has 0 aromatic carbocycles. The smallest absolute Gasteiger partial charge is 0.0694 e. The van der Waals surface area contributed by atoms with Crippen molar-refractivity contribution in [3.8, 4) is 0 Å². The van der Waals surface area contributed by atoms with Gasteiger partial charge in [-0.15, -0.1) is 0 Å². The molecule has 0 aromatic rings. The van der Waals surface area contributed by atoms with E-state index in [1.807, 2.05) is 0 Å². The average molecular weight is 199 g/mol. The summed E-state index contributed by atoms with van der Waals surface area (Å²) in [6.07, 6.45) is 10.0. The van der Waals surface area contributed by atoms with Gasteiger partial charge >= 0.3 is 0 Å². The summed E-state index contributed by atoms with van der Waals surface area (Å²) in [5, 5.41) is 0. The molecular formula is C12H25NO. The van der Waals surface area contributed by atoms with Gasteiger partial charge in [0.05, 0.1) is 5.60 Å². The van der Waals surface area contributed by atoms with E-state index in [1.165, 1.54) is 44.9 Å². The average Bonchev–Trinajstić information content (AvgIpc) is 2.13. The summed E-state index contributed by atoms with van der Waals surface area (Å²) in [7, 11) is 0. The van der Waals surface area contributed by atoms with E-state index in [9.17, 15) is 0 Å². The van der Waals surface area contributed by atoms with Crippen LogP contribution in [0.25, 0.3) is 0 Å². The molecule has 0 bridgehead atoms. The topological polar surface area (TPSA) is 35.2 Å². The zero-order valence-electron chi connectivity index (χ0n) is 9.56. The number of nitrogens with two attached hydrogens (primary N) is 1. The molecule has 2 nitrogen and oxygen atoms in total. The molecule has 14 heavy (non-hydrogen) atoms. The maximum absolute atomic E-state index is 5.97. The van der Waals surface area contributed by atoms with Crippen LogP contribution in [0.3, 0.4) is 0 Å². The highest BCUT2D eigenvalue weighted by Gasteiger charge is 2.36. The van der Waals surface area contributed by atoms with Crippen molar-refractivity contribution in [3.63, 3.8) is 0 Å². The maximum Gasteiger partial charge on any atom is 0.0694 e. The Morgan fingerprint density at radius 1 is 1.21 bits per heavy atom. The van der Waals surface area contributed by atoms with Crippen LogP contribution in [0.15, 0.2) is 0 Å². The van der Waals surface area contributed by atoms with Crippen molar-refractivity contribution in [2.75, 3.05) is 13.2 Å². The Kier molecular flexibility index (Phi) is 5.49. The van der Waals surface area contributed by atoms with Gasteiger partial charge in [-0.3, -0.25) is 0 Å². The lowest BCUT2D eigenvalue weighted by atomic mass is 9.77. The summed E-state index contributed by atoms with van der Waals surface area (Å²) in [6, 6.07) is 0. The number of unbranched alkanes of at least 4 members (excludes halogenated alkanes) is 3. The second kappa shape index (κ2) is 6.41. The van der Waals surface area contributed by atoms with Crippen LogP contribution in [0.4, 0.5) is 0 Å². The molecule has 2 heteroatoms.